The van der Waals surface area contributed by atoms with Crippen LogP contribution in [0.5, 0.6) is 0 Å². The van der Waals surface area contributed by atoms with Gasteiger partial charge in [-0.15, -0.1) is 0 Å². The first-order valence-corrected chi connectivity index (χ1v) is 9.08. The van der Waals surface area contributed by atoms with Crippen LogP contribution in [0.1, 0.15) is 21.2 Å². The van der Waals surface area contributed by atoms with Crippen molar-refractivity contribution < 1.29 is 1.43 Å². The van der Waals surface area contributed by atoms with E-state index < -0.39 is 0 Å². The maximum absolute atomic E-state index is 6.44. The van der Waals surface area contributed by atoms with Crippen molar-refractivity contribution in [3.8, 4) is 11.4 Å². The van der Waals surface area contributed by atoms with Crippen LogP contribution >= 0.6 is 11.6 Å². The quantitative estimate of drug-likeness (QED) is 0.747. The van der Waals surface area contributed by atoms with Gasteiger partial charge in [-0.2, -0.15) is 5.10 Å². The number of halogens is 1. The molecule has 25 heavy (non-hydrogen) atoms. The largest absolute Gasteiger partial charge is 0.354 e. The van der Waals surface area contributed by atoms with Gasteiger partial charge >= 0.3 is 0 Å². The molecule has 4 heterocycles. The molecule has 7 heteroatoms. The molecule has 0 amide bonds. The number of hydrogen-bond acceptors (Lipinski definition) is 5. The highest BCUT2D eigenvalue weighted by Crippen LogP contribution is 2.31. The lowest BCUT2D eigenvalue weighted by Gasteiger charge is -2.34. The smallest absolute Gasteiger partial charge is 0.181 e. The van der Waals surface area contributed by atoms with Crippen LogP contribution in [0.15, 0.2) is 30.5 Å². The van der Waals surface area contributed by atoms with Gasteiger partial charge in [-0.1, -0.05) is 24.9 Å². The van der Waals surface area contributed by atoms with E-state index in [0.717, 1.165) is 42.2 Å². The fraction of sp³-hybridized carbons (Fsp3) is 0.389. The Balaban J connectivity index is 0.00000196. The summed E-state index contributed by atoms with van der Waals surface area (Å²) in [5.41, 5.74) is 2.21. The fourth-order valence-corrected chi connectivity index (χ4v) is 3.59. The van der Waals surface area contributed by atoms with E-state index >= 15 is 0 Å². The Morgan fingerprint density at radius 2 is 2.28 bits per heavy atom. The summed E-state index contributed by atoms with van der Waals surface area (Å²) in [6.07, 6.45) is 4.08. The molecule has 1 fully saturated rings. The van der Waals surface area contributed by atoms with Crippen molar-refractivity contribution in [3.05, 3.63) is 35.5 Å². The maximum Gasteiger partial charge on any atom is 0.181 e. The first kappa shape index (κ1) is 16.3. The molecule has 1 atom stereocenters. The number of aromatic amines is 1. The zero-order valence-electron chi connectivity index (χ0n) is 14.2. The molecule has 3 aromatic rings. The molecule has 0 saturated carbocycles. The van der Waals surface area contributed by atoms with Crippen LogP contribution in [-0.4, -0.2) is 45.8 Å². The average Bonchev–Trinajstić information content (AvgIpc) is 3.07. The Hall–Kier alpha value is -2.18. The molecule has 0 aliphatic carbocycles. The van der Waals surface area contributed by atoms with Gasteiger partial charge in [0, 0.05) is 38.7 Å². The number of H-pyrrole nitrogens is 1. The number of nitrogens with one attached hydrogen (secondary N) is 2. The Labute approximate surface area is 153 Å². The van der Waals surface area contributed by atoms with Crippen molar-refractivity contribution in [3.63, 3.8) is 0 Å². The average molecular weight is 359 g/mol. The minimum atomic E-state index is 0. The molecule has 0 radical (unpaired) electrons. The highest BCUT2D eigenvalue weighted by molar-refractivity contribution is 6.33. The van der Waals surface area contributed by atoms with Gasteiger partial charge < -0.3 is 10.2 Å². The number of rotatable bonds is 4. The van der Waals surface area contributed by atoms with Crippen LogP contribution in [0, 0.1) is 0 Å². The van der Waals surface area contributed by atoms with Gasteiger partial charge in [0.15, 0.2) is 5.65 Å². The second-order valence-electron chi connectivity index (χ2n) is 6.36. The van der Waals surface area contributed by atoms with E-state index in [4.69, 9.17) is 16.6 Å². The third-order valence-corrected chi connectivity index (χ3v) is 4.92. The van der Waals surface area contributed by atoms with Crippen LogP contribution in [0.4, 0.5) is 5.82 Å². The Morgan fingerprint density at radius 3 is 3.16 bits per heavy atom. The van der Waals surface area contributed by atoms with Gasteiger partial charge in [0.25, 0.3) is 0 Å². The van der Waals surface area contributed by atoms with Gasteiger partial charge in [-0.25, -0.2) is 9.97 Å². The van der Waals surface area contributed by atoms with Crippen molar-refractivity contribution in [2.45, 2.75) is 25.8 Å². The lowest BCUT2D eigenvalue weighted by molar-refractivity contribution is 0.429. The van der Waals surface area contributed by atoms with Gasteiger partial charge in [0.2, 0.25) is 0 Å². The van der Waals surface area contributed by atoms with E-state index in [0.29, 0.717) is 16.7 Å². The molecule has 132 valence electrons. The normalized spacial score (nSPS) is 18.0. The second kappa shape index (κ2) is 6.98. The topological polar surface area (TPSA) is 69.7 Å². The van der Waals surface area contributed by atoms with Crippen LogP contribution in [0.3, 0.4) is 0 Å². The lowest BCUT2D eigenvalue weighted by atomic mass is 10.1. The summed E-state index contributed by atoms with van der Waals surface area (Å²) in [6.45, 7) is 5.10. The standard InChI is InChI=1S/C18H21ClN6.H2/c1-2-4-12-11-25(10-9-20-12)15-7-6-14(19)17(22-15)16-13-5-3-8-21-18(13)24-23-16;/h3,5-8,12,20H,2,4,9-11H2,1H3,(H,21,23,24);1H. The highest BCUT2D eigenvalue weighted by atomic mass is 35.5. The molecule has 0 spiro atoms. The molecule has 1 aliphatic heterocycles. The monoisotopic (exact) mass is 358 g/mol. The minimum absolute atomic E-state index is 0. The predicted molar refractivity (Wildman–Crippen MR) is 103 cm³/mol. The van der Waals surface area contributed by atoms with E-state index in [9.17, 15) is 0 Å². The summed E-state index contributed by atoms with van der Waals surface area (Å²) in [6, 6.07) is 8.30. The van der Waals surface area contributed by atoms with Crippen molar-refractivity contribution in [1.29, 1.82) is 0 Å². The maximum atomic E-state index is 6.44. The molecular formula is C18H23ClN6. The molecule has 1 unspecified atom stereocenters. The van der Waals surface area contributed by atoms with E-state index in [1.165, 1.54) is 12.8 Å². The first-order chi connectivity index (χ1) is 12.3. The summed E-state index contributed by atoms with van der Waals surface area (Å²) in [5.74, 6) is 0.952. The van der Waals surface area contributed by atoms with Crippen molar-refractivity contribution in [1.82, 2.24) is 25.5 Å². The number of piperazine rings is 1. The van der Waals surface area contributed by atoms with Crippen molar-refractivity contribution in [2.24, 2.45) is 0 Å². The second-order valence-corrected chi connectivity index (χ2v) is 6.77. The van der Waals surface area contributed by atoms with Crippen molar-refractivity contribution in [2.75, 3.05) is 24.5 Å². The van der Waals surface area contributed by atoms with E-state index in [1.54, 1.807) is 6.20 Å². The molecule has 0 bridgehead atoms. The van der Waals surface area contributed by atoms with Gasteiger partial charge in [0.1, 0.15) is 11.5 Å². The predicted octanol–water partition coefficient (Wildman–Crippen LogP) is 3.50. The van der Waals surface area contributed by atoms with Crippen molar-refractivity contribution >= 4 is 28.5 Å². The fourth-order valence-electron chi connectivity index (χ4n) is 3.39. The summed E-state index contributed by atoms with van der Waals surface area (Å²) in [5, 5.41) is 12.4. The number of hydrogen-bond donors (Lipinski definition) is 2. The number of aromatic nitrogens is 4. The zero-order chi connectivity index (χ0) is 17.2. The molecule has 0 aromatic carbocycles. The molecule has 6 nitrogen and oxygen atoms in total. The third kappa shape index (κ3) is 3.19. The number of anilines is 1. The molecule has 1 saturated heterocycles. The Bertz CT molecular complexity index is 881. The molecule has 3 aromatic heterocycles. The highest BCUT2D eigenvalue weighted by Gasteiger charge is 2.21. The first-order valence-electron chi connectivity index (χ1n) is 8.70. The molecule has 1 aliphatic rings. The molecule has 4 rings (SSSR count). The molecule has 2 N–H and O–H groups in total. The molecular weight excluding hydrogens is 336 g/mol. The van der Waals surface area contributed by atoms with Crippen LogP contribution < -0.4 is 10.2 Å². The summed E-state index contributed by atoms with van der Waals surface area (Å²) in [7, 11) is 0. The zero-order valence-corrected chi connectivity index (χ0v) is 14.9. The van der Waals surface area contributed by atoms with Gasteiger partial charge in [0.05, 0.1) is 10.7 Å². The number of fused-ring (bicyclic) bond motifs is 1. The van der Waals surface area contributed by atoms with Gasteiger partial charge in [-0.05, 0) is 30.7 Å². The Morgan fingerprint density at radius 1 is 1.36 bits per heavy atom. The summed E-state index contributed by atoms with van der Waals surface area (Å²) < 4.78 is 0. The van der Waals surface area contributed by atoms with Crippen LogP contribution in [0.25, 0.3) is 22.4 Å². The summed E-state index contributed by atoms with van der Waals surface area (Å²) >= 11 is 6.44. The minimum Gasteiger partial charge on any atom is -0.354 e. The summed E-state index contributed by atoms with van der Waals surface area (Å²) in [4.78, 5) is 11.4. The number of nitrogens with zero attached hydrogens (tertiary/aromatic N) is 4. The third-order valence-electron chi connectivity index (χ3n) is 4.61. The number of pyridine rings is 2. The van der Waals surface area contributed by atoms with Gasteiger partial charge in [-0.3, -0.25) is 5.10 Å². The SMILES string of the molecule is CCCC1CN(c2ccc(Cl)c(-c3[nH]nc4ncccc34)n2)CCN1.[HH]. The lowest BCUT2D eigenvalue weighted by Crippen LogP contribution is -2.50. The van der Waals surface area contributed by atoms with Crippen LogP contribution in [0.2, 0.25) is 5.02 Å². The van der Waals surface area contributed by atoms with E-state index in [-0.39, 0.29) is 1.43 Å². The Kier molecular flexibility index (Phi) is 4.55. The van der Waals surface area contributed by atoms with E-state index in [1.807, 2.05) is 24.3 Å². The van der Waals surface area contributed by atoms with Crippen LogP contribution in [-0.2, 0) is 0 Å². The van der Waals surface area contributed by atoms with E-state index in [2.05, 4.69) is 32.3 Å².